The van der Waals surface area contributed by atoms with Crippen LogP contribution in [0.2, 0.25) is 0 Å². The normalized spacial score (nSPS) is 10.2. The predicted molar refractivity (Wildman–Crippen MR) is 140 cm³/mol. The molecule has 37 heavy (non-hydrogen) atoms. The molecule has 0 saturated carbocycles. The van der Waals surface area contributed by atoms with Gasteiger partial charge in [0.2, 0.25) is 0 Å². The van der Waals surface area contributed by atoms with Gasteiger partial charge in [-0.25, -0.2) is 0 Å². The van der Waals surface area contributed by atoms with Crippen LogP contribution >= 0.6 is 0 Å². The molecule has 0 amide bonds. The van der Waals surface area contributed by atoms with Crippen LogP contribution in [-0.2, 0) is 39.2 Å². The van der Waals surface area contributed by atoms with E-state index in [0.717, 1.165) is 63.5 Å². The van der Waals surface area contributed by atoms with Gasteiger partial charge < -0.3 is 30.0 Å². The Bertz CT molecular complexity index is 905. The zero-order valence-electron chi connectivity index (χ0n) is 22.0. The Morgan fingerprint density at radius 1 is 0.757 bits per heavy atom. The fourth-order valence-electron chi connectivity index (χ4n) is 2.93. The van der Waals surface area contributed by atoms with E-state index in [1.54, 1.807) is 24.6 Å². The monoisotopic (exact) mass is 557 g/mol. The van der Waals surface area contributed by atoms with E-state index in [0.29, 0.717) is 13.1 Å². The summed E-state index contributed by atoms with van der Waals surface area (Å²) in [6.45, 7) is 7.35. The van der Waals surface area contributed by atoms with Crippen molar-refractivity contribution >= 4 is 24.4 Å². The number of carbonyl (C=O) groups excluding carboxylic acids is 2. The van der Waals surface area contributed by atoms with Crippen molar-refractivity contribution in [2.45, 2.75) is 66.2 Å². The van der Waals surface area contributed by atoms with E-state index in [9.17, 15) is 10.2 Å². The molecule has 0 bridgehead atoms. The number of unbranched alkanes of at least 4 members (excludes halogenated alkanes) is 2. The van der Waals surface area contributed by atoms with Gasteiger partial charge in [0.15, 0.2) is 0 Å². The molecule has 0 fully saturated rings. The minimum atomic E-state index is -1.08. The number of carboxylic acids is 2. The summed E-state index contributed by atoms with van der Waals surface area (Å²) in [6.07, 6.45) is 10.0. The quantitative estimate of drug-likeness (QED) is 0.321. The molecule has 2 aromatic carbocycles. The van der Waals surface area contributed by atoms with Crippen LogP contribution in [0.25, 0.3) is 0 Å². The maximum Gasteiger partial charge on any atom is 2.00 e. The zero-order chi connectivity index (χ0) is 27.3. The van der Waals surface area contributed by atoms with Crippen molar-refractivity contribution in [2.75, 3.05) is 13.1 Å². The maximum atomic E-state index is 9.98. The smallest absolute Gasteiger partial charge is 0.550 e. The maximum absolute atomic E-state index is 9.98. The molecule has 2 N–H and O–H groups in total. The molecule has 0 heterocycles. The van der Waals surface area contributed by atoms with Crippen molar-refractivity contribution in [3.05, 3.63) is 58.7 Å². The van der Waals surface area contributed by atoms with Crippen LogP contribution in [0.5, 0.6) is 11.5 Å². The minimum absolute atomic E-state index is 0. The van der Waals surface area contributed by atoms with Crippen molar-refractivity contribution in [3.63, 3.8) is 0 Å². The molecule has 205 valence electrons. The molecule has 0 unspecified atom stereocenters. The number of aliphatic imine (C=N–C) groups is 2. The number of phenolic OH excluding ortho intramolecular Hbond substituents is 2. The van der Waals surface area contributed by atoms with Gasteiger partial charge in [-0.3, -0.25) is 9.98 Å². The van der Waals surface area contributed by atoms with Crippen LogP contribution in [0.15, 0.2) is 46.4 Å². The molecule has 0 saturated heterocycles. The molecule has 9 heteroatoms. The van der Waals surface area contributed by atoms with Gasteiger partial charge in [0.25, 0.3) is 0 Å². The largest absolute Gasteiger partial charge is 2.00 e. The van der Waals surface area contributed by atoms with Crippen molar-refractivity contribution < 1.29 is 46.8 Å². The predicted octanol–water partition coefficient (Wildman–Crippen LogP) is 2.83. The zero-order valence-corrected chi connectivity index (χ0v) is 23.1. The number of phenols is 2. The second-order valence-corrected chi connectivity index (χ2v) is 8.05. The summed E-state index contributed by atoms with van der Waals surface area (Å²) in [5, 5.41) is 37.7. The number of nitrogens with zero attached hydrogens (tertiary/aromatic N) is 2. The summed E-state index contributed by atoms with van der Waals surface area (Å²) in [7, 11) is 0. The van der Waals surface area contributed by atoms with Crippen LogP contribution < -0.4 is 10.2 Å². The first-order valence-electron chi connectivity index (χ1n) is 12.1. The van der Waals surface area contributed by atoms with Crippen LogP contribution in [0.3, 0.4) is 0 Å². The first-order chi connectivity index (χ1) is 17.1. The Kier molecular flexibility index (Phi) is 21.5. The molecule has 0 aromatic heterocycles. The fraction of sp³-hybridized carbons (Fsp3) is 0.429. The number of benzene rings is 2. The van der Waals surface area contributed by atoms with Crippen molar-refractivity contribution in [1.82, 2.24) is 0 Å². The molecule has 0 spiro atoms. The van der Waals surface area contributed by atoms with Crippen molar-refractivity contribution in [2.24, 2.45) is 9.98 Å². The summed E-state index contributed by atoms with van der Waals surface area (Å²) in [4.78, 5) is 26.5. The minimum Gasteiger partial charge on any atom is -0.550 e. The molecule has 0 aliphatic heterocycles. The van der Waals surface area contributed by atoms with E-state index >= 15 is 0 Å². The van der Waals surface area contributed by atoms with Gasteiger partial charge in [0.1, 0.15) is 11.5 Å². The Morgan fingerprint density at radius 3 is 1.38 bits per heavy atom. The van der Waals surface area contributed by atoms with Gasteiger partial charge in [0.05, 0.1) is 13.1 Å². The van der Waals surface area contributed by atoms with Gasteiger partial charge in [-0.15, -0.1) is 0 Å². The third kappa shape index (κ3) is 19.7. The summed E-state index contributed by atoms with van der Waals surface area (Å²) >= 11 is 0. The van der Waals surface area contributed by atoms with E-state index in [4.69, 9.17) is 19.8 Å². The van der Waals surface area contributed by atoms with E-state index in [1.165, 1.54) is 11.1 Å². The van der Waals surface area contributed by atoms with E-state index in [2.05, 4.69) is 23.8 Å². The molecule has 2 rings (SSSR count). The number of carboxylic acid groups (broad SMARTS) is 2. The van der Waals surface area contributed by atoms with Gasteiger partial charge in [0, 0.05) is 35.5 Å². The number of hydrogen-bond donors (Lipinski definition) is 2. The van der Waals surface area contributed by atoms with Gasteiger partial charge >= 0.3 is 16.8 Å². The number of aryl methyl sites for hydroxylation is 2. The van der Waals surface area contributed by atoms with Gasteiger partial charge in [-0.05, 0) is 74.9 Å². The topological polar surface area (TPSA) is 145 Å². The summed E-state index contributed by atoms with van der Waals surface area (Å²) in [6, 6.07) is 11.4. The molecule has 0 aliphatic rings. The average Bonchev–Trinajstić information content (AvgIpc) is 2.81. The second kappa shape index (κ2) is 22.1. The summed E-state index contributed by atoms with van der Waals surface area (Å²) in [5.41, 5.74) is 3.94. The third-order valence-corrected chi connectivity index (χ3v) is 4.64. The molecule has 2 aromatic rings. The van der Waals surface area contributed by atoms with Gasteiger partial charge in [-0.1, -0.05) is 38.8 Å². The fourth-order valence-corrected chi connectivity index (χ4v) is 2.93. The second-order valence-electron chi connectivity index (χ2n) is 8.05. The van der Waals surface area contributed by atoms with Crippen molar-refractivity contribution in [3.8, 4) is 11.5 Å². The molecule has 8 nitrogen and oxygen atoms in total. The third-order valence-electron chi connectivity index (χ3n) is 4.64. The van der Waals surface area contributed by atoms with E-state index in [-0.39, 0.29) is 28.3 Å². The summed E-state index contributed by atoms with van der Waals surface area (Å²) in [5.74, 6) is -1.66. The molecule has 1 radical (unpaired) electrons. The molecule has 0 atom stereocenters. The molecule has 0 aliphatic carbocycles. The summed E-state index contributed by atoms with van der Waals surface area (Å²) < 4.78 is 0. The SMILES string of the molecule is CC(=O)[O-].CC(=O)[O-].CCCCc1ccc(O)c(C=NCCN=Cc2cc(CCCC)ccc2O)c1.[Co+2]. The van der Waals surface area contributed by atoms with Gasteiger partial charge in [-0.2, -0.15) is 0 Å². The van der Waals surface area contributed by atoms with Crippen LogP contribution in [0.1, 0.15) is 75.6 Å². The number of aliphatic carboxylic acids is 2. The Hall–Kier alpha value is -3.17. The van der Waals surface area contributed by atoms with Crippen molar-refractivity contribution in [1.29, 1.82) is 0 Å². The average molecular weight is 558 g/mol. The number of aromatic hydroxyl groups is 2. The molecular formula is C28H38CoN2O6. The molecular weight excluding hydrogens is 519 g/mol. The Labute approximate surface area is 230 Å². The number of rotatable bonds is 11. The standard InChI is InChI=1S/C24H32N2O2.2C2H4O2.Co/c1-3-5-7-19-9-11-23(27)21(15-19)17-25-13-14-26-18-22-16-20(8-6-4-2)10-12-24(22)28;2*1-2(3)4;/h9-12,15-18,27-28H,3-8,13-14H2,1-2H3;2*1H3,(H,3,4);/q;;;+2/p-2. The number of hydrogen-bond acceptors (Lipinski definition) is 8. The van der Waals surface area contributed by atoms with Crippen LogP contribution in [-0.4, -0.2) is 47.7 Å². The number of carbonyl (C=O) groups is 2. The first-order valence-corrected chi connectivity index (χ1v) is 12.1. The Balaban J connectivity index is 0. The van der Waals surface area contributed by atoms with Crippen LogP contribution in [0.4, 0.5) is 0 Å². The first kappa shape index (κ1) is 36.0. The Morgan fingerprint density at radius 2 is 1.08 bits per heavy atom. The van der Waals surface area contributed by atoms with E-state index < -0.39 is 11.9 Å². The van der Waals surface area contributed by atoms with E-state index in [1.807, 2.05) is 24.3 Å². The van der Waals surface area contributed by atoms with Crippen LogP contribution in [0, 0.1) is 0 Å².